The molecule has 1 atom stereocenters. The maximum atomic E-state index is 10.3. The minimum Gasteiger partial charge on any atom is -0.500 e. The Kier molecular flexibility index (Phi) is 0.982. The minimum atomic E-state index is -1.23. The van der Waals surface area contributed by atoms with Crippen molar-refractivity contribution in [3.8, 4) is 0 Å². The van der Waals surface area contributed by atoms with Gasteiger partial charge in [0, 0.05) is 5.41 Å². The third-order valence-corrected chi connectivity index (χ3v) is 1.60. The smallest absolute Gasteiger partial charge is 0.185 e. The molecule has 0 bridgehead atoms. The van der Waals surface area contributed by atoms with Crippen molar-refractivity contribution in [1.82, 2.24) is 0 Å². The number of hydrogen-bond donors (Lipinski definition) is 1. The molecule has 0 spiro atoms. The first-order chi connectivity index (χ1) is 3.30. The molecule has 1 N–H and O–H groups in total. The highest BCUT2D eigenvalue weighted by atomic mass is 32.2. The molecular formula is C4H4O2S. The second kappa shape index (κ2) is 1.50. The summed E-state index contributed by atoms with van der Waals surface area (Å²) < 4.78 is 10.3. The summed E-state index contributed by atoms with van der Waals surface area (Å²) in [5.41, 5.74) is 0. The van der Waals surface area contributed by atoms with Crippen LogP contribution in [0.4, 0.5) is 0 Å². The summed E-state index contributed by atoms with van der Waals surface area (Å²) in [7, 11) is -1.23. The summed E-state index contributed by atoms with van der Waals surface area (Å²) in [6, 6.07) is 0. The van der Waals surface area contributed by atoms with E-state index in [2.05, 4.69) is 0 Å². The molecule has 1 aliphatic rings. The molecule has 2 nitrogen and oxygen atoms in total. The van der Waals surface area contributed by atoms with Crippen molar-refractivity contribution >= 4 is 10.8 Å². The van der Waals surface area contributed by atoms with E-state index >= 15 is 0 Å². The Morgan fingerprint density at radius 2 is 2.43 bits per heavy atom. The third kappa shape index (κ3) is 0.718. The molecule has 0 aromatic rings. The lowest BCUT2D eigenvalue weighted by Crippen LogP contribution is -1.81. The fourth-order valence-corrected chi connectivity index (χ4v) is 0.903. The first-order valence-electron chi connectivity index (χ1n) is 1.79. The molecule has 0 amide bonds. The van der Waals surface area contributed by atoms with Crippen molar-refractivity contribution in [1.29, 1.82) is 0 Å². The fourth-order valence-electron chi connectivity index (χ4n) is 0.330. The number of allylic oxidation sites excluding steroid dienone is 2. The van der Waals surface area contributed by atoms with Crippen LogP contribution in [0.3, 0.4) is 0 Å². The Bertz CT molecular complexity index is 157. The fraction of sp³-hybridized carbons (Fsp3) is 0. The SMILES string of the molecule is O=S1C=CC=C1O. The van der Waals surface area contributed by atoms with Gasteiger partial charge in [0.15, 0.2) is 5.09 Å². The lowest BCUT2D eigenvalue weighted by Gasteiger charge is -1.81. The van der Waals surface area contributed by atoms with Gasteiger partial charge >= 0.3 is 0 Å². The second-order valence-corrected chi connectivity index (χ2v) is 2.42. The lowest BCUT2D eigenvalue weighted by atomic mass is 10.6. The summed E-state index contributed by atoms with van der Waals surface area (Å²) in [4.78, 5) is 0. The Morgan fingerprint density at radius 3 is 2.57 bits per heavy atom. The molecule has 0 aromatic heterocycles. The molecule has 38 valence electrons. The summed E-state index contributed by atoms with van der Waals surface area (Å²) in [5.74, 6) is 0. The van der Waals surface area contributed by atoms with Crippen LogP contribution in [-0.2, 0) is 10.8 Å². The third-order valence-electron chi connectivity index (χ3n) is 0.647. The number of hydrogen-bond acceptors (Lipinski definition) is 2. The number of rotatable bonds is 0. The van der Waals surface area contributed by atoms with Crippen LogP contribution >= 0.6 is 0 Å². The van der Waals surface area contributed by atoms with E-state index in [1.807, 2.05) is 0 Å². The van der Waals surface area contributed by atoms with Crippen LogP contribution in [0.1, 0.15) is 0 Å². The molecular weight excluding hydrogens is 112 g/mol. The van der Waals surface area contributed by atoms with E-state index < -0.39 is 10.8 Å². The van der Waals surface area contributed by atoms with Gasteiger partial charge in [-0.3, -0.25) is 0 Å². The van der Waals surface area contributed by atoms with Crippen LogP contribution < -0.4 is 0 Å². The maximum absolute atomic E-state index is 10.3. The van der Waals surface area contributed by atoms with Crippen LogP contribution in [-0.4, -0.2) is 9.32 Å². The van der Waals surface area contributed by atoms with Crippen LogP contribution in [0.15, 0.2) is 22.7 Å². The normalized spacial score (nSPS) is 28.0. The molecule has 1 aliphatic heterocycles. The average molecular weight is 116 g/mol. The molecule has 1 rings (SSSR count). The molecule has 7 heavy (non-hydrogen) atoms. The van der Waals surface area contributed by atoms with Gasteiger partial charge in [-0.1, -0.05) is 0 Å². The number of aliphatic hydroxyl groups is 1. The zero-order valence-electron chi connectivity index (χ0n) is 3.50. The van der Waals surface area contributed by atoms with Gasteiger partial charge in [0.25, 0.3) is 0 Å². The van der Waals surface area contributed by atoms with Gasteiger partial charge < -0.3 is 5.11 Å². The van der Waals surface area contributed by atoms with Gasteiger partial charge in [-0.2, -0.15) is 0 Å². The van der Waals surface area contributed by atoms with E-state index in [4.69, 9.17) is 5.11 Å². The van der Waals surface area contributed by atoms with Crippen LogP contribution in [0, 0.1) is 0 Å². The Hall–Kier alpha value is -0.570. The summed E-state index contributed by atoms with van der Waals surface area (Å²) >= 11 is 0. The molecule has 3 heteroatoms. The summed E-state index contributed by atoms with van der Waals surface area (Å²) in [5, 5.41) is 9.87. The van der Waals surface area contributed by atoms with Crippen molar-refractivity contribution in [3.63, 3.8) is 0 Å². The molecule has 0 saturated heterocycles. The van der Waals surface area contributed by atoms with Gasteiger partial charge in [0.1, 0.15) is 10.8 Å². The monoisotopic (exact) mass is 116 g/mol. The van der Waals surface area contributed by atoms with Crippen molar-refractivity contribution in [3.05, 3.63) is 22.7 Å². The molecule has 0 saturated carbocycles. The zero-order valence-corrected chi connectivity index (χ0v) is 4.31. The summed E-state index contributed by atoms with van der Waals surface area (Å²) in [6.07, 6.45) is 2.97. The van der Waals surface area contributed by atoms with E-state index in [0.29, 0.717) is 0 Å². The Labute approximate surface area is 43.6 Å². The average Bonchev–Trinajstić information content (AvgIpc) is 1.91. The molecule has 0 aromatic carbocycles. The topological polar surface area (TPSA) is 37.3 Å². The van der Waals surface area contributed by atoms with E-state index in [0.717, 1.165) is 0 Å². The van der Waals surface area contributed by atoms with Gasteiger partial charge in [-0.25, -0.2) is 4.21 Å². The first kappa shape index (κ1) is 4.59. The van der Waals surface area contributed by atoms with E-state index in [1.54, 1.807) is 6.08 Å². The van der Waals surface area contributed by atoms with Gasteiger partial charge in [0.2, 0.25) is 0 Å². The molecule has 0 fully saturated rings. The minimum absolute atomic E-state index is 0.0556. The molecule has 0 aliphatic carbocycles. The van der Waals surface area contributed by atoms with E-state index in [9.17, 15) is 4.21 Å². The van der Waals surface area contributed by atoms with Gasteiger partial charge in [-0.15, -0.1) is 0 Å². The Morgan fingerprint density at radius 1 is 1.71 bits per heavy atom. The quantitative estimate of drug-likeness (QED) is 0.505. The lowest BCUT2D eigenvalue weighted by molar-refractivity contribution is 0.452. The van der Waals surface area contributed by atoms with Crippen LogP contribution in [0.2, 0.25) is 0 Å². The standard InChI is InChI=1S/C4H4O2S/c5-4-2-1-3-7(4)6/h1-3,5H. The number of aliphatic hydroxyl groups excluding tert-OH is 1. The van der Waals surface area contributed by atoms with Crippen molar-refractivity contribution < 1.29 is 9.32 Å². The highest BCUT2D eigenvalue weighted by Crippen LogP contribution is 2.05. The predicted molar refractivity (Wildman–Crippen MR) is 28.0 cm³/mol. The van der Waals surface area contributed by atoms with Crippen LogP contribution in [0.25, 0.3) is 0 Å². The predicted octanol–water partition coefficient (Wildman–Crippen LogP) is 0.662. The van der Waals surface area contributed by atoms with Crippen molar-refractivity contribution in [2.24, 2.45) is 0 Å². The largest absolute Gasteiger partial charge is 0.500 e. The van der Waals surface area contributed by atoms with Gasteiger partial charge in [-0.05, 0) is 12.2 Å². The van der Waals surface area contributed by atoms with E-state index in [-0.39, 0.29) is 5.09 Å². The van der Waals surface area contributed by atoms with Crippen molar-refractivity contribution in [2.45, 2.75) is 0 Å². The van der Waals surface area contributed by atoms with Crippen LogP contribution in [0.5, 0.6) is 0 Å². The first-order valence-corrected chi connectivity index (χ1v) is 3.00. The highest BCUT2D eigenvalue weighted by molar-refractivity contribution is 7.91. The van der Waals surface area contributed by atoms with E-state index in [1.165, 1.54) is 11.5 Å². The Balaban J connectivity index is 2.89. The zero-order chi connectivity index (χ0) is 5.28. The van der Waals surface area contributed by atoms with Gasteiger partial charge in [0.05, 0.1) is 0 Å². The molecule has 1 unspecified atom stereocenters. The highest BCUT2D eigenvalue weighted by Gasteiger charge is 2.02. The molecule has 0 radical (unpaired) electrons. The van der Waals surface area contributed by atoms with Crippen molar-refractivity contribution in [2.75, 3.05) is 0 Å². The maximum Gasteiger partial charge on any atom is 0.185 e. The molecule has 1 heterocycles. The summed E-state index contributed by atoms with van der Waals surface area (Å²) in [6.45, 7) is 0. The second-order valence-electron chi connectivity index (χ2n) is 1.13.